The number of hydrogen-bond acceptors (Lipinski definition) is 3. The van der Waals surface area contributed by atoms with Crippen LogP contribution in [0.2, 0.25) is 5.02 Å². The Labute approximate surface area is 130 Å². The molecule has 21 heavy (non-hydrogen) atoms. The molecule has 1 N–H and O–H groups in total. The van der Waals surface area contributed by atoms with Gasteiger partial charge in [0.2, 0.25) is 0 Å². The SMILES string of the molecule is CCCOc1ccccc1NCc1c(Cl)cccc1OC. The molecule has 0 heterocycles. The molecule has 0 atom stereocenters. The lowest BCUT2D eigenvalue weighted by atomic mass is 10.2. The molecule has 0 aromatic heterocycles. The maximum atomic E-state index is 6.25. The van der Waals surface area contributed by atoms with Gasteiger partial charge in [-0.2, -0.15) is 0 Å². The average molecular weight is 306 g/mol. The highest BCUT2D eigenvalue weighted by Crippen LogP contribution is 2.29. The number of hydrogen-bond donors (Lipinski definition) is 1. The number of para-hydroxylation sites is 2. The van der Waals surface area contributed by atoms with E-state index in [1.807, 2.05) is 42.5 Å². The Hall–Kier alpha value is -1.87. The zero-order valence-corrected chi connectivity index (χ0v) is 13.1. The van der Waals surface area contributed by atoms with Crippen LogP contribution in [0.15, 0.2) is 42.5 Å². The van der Waals surface area contributed by atoms with Crippen molar-refractivity contribution in [2.24, 2.45) is 0 Å². The van der Waals surface area contributed by atoms with Crippen LogP contribution in [0.3, 0.4) is 0 Å². The summed E-state index contributed by atoms with van der Waals surface area (Å²) in [7, 11) is 1.65. The predicted octanol–water partition coefficient (Wildman–Crippen LogP) is 4.75. The van der Waals surface area contributed by atoms with Crippen molar-refractivity contribution >= 4 is 17.3 Å². The lowest BCUT2D eigenvalue weighted by Gasteiger charge is -2.15. The summed E-state index contributed by atoms with van der Waals surface area (Å²) in [5.41, 5.74) is 1.89. The van der Waals surface area contributed by atoms with E-state index in [9.17, 15) is 0 Å². The molecule has 112 valence electrons. The number of nitrogens with one attached hydrogen (secondary N) is 1. The first kappa shape index (κ1) is 15.5. The fraction of sp³-hybridized carbons (Fsp3) is 0.294. The molecule has 0 unspecified atom stereocenters. The molecule has 0 spiro atoms. The number of methoxy groups -OCH3 is 1. The molecule has 0 saturated carbocycles. The molecule has 3 nitrogen and oxygen atoms in total. The van der Waals surface area contributed by atoms with Crippen molar-refractivity contribution in [1.29, 1.82) is 0 Å². The summed E-state index contributed by atoms with van der Waals surface area (Å²) in [4.78, 5) is 0. The fourth-order valence-corrected chi connectivity index (χ4v) is 2.27. The van der Waals surface area contributed by atoms with E-state index in [-0.39, 0.29) is 0 Å². The van der Waals surface area contributed by atoms with Crippen LogP contribution in [0.5, 0.6) is 11.5 Å². The van der Waals surface area contributed by atoms with Crippen molar-refractivity contribution in [3.8, 4) is 11.5 Å². The van der Waals surface area contributed by atoms with E-state index in [1.54, 1.807) is 7.11 Å². The van der Waals surface area contributed by atoms with Gasteiger partial charge in [0.05, 0.1) is 19.4 Å². The highest BCUT2D eigenvalue weighted by molar-refractivity contribution is 6.31. The smallest absolute Gasteiger partial charge is 0.142 e. The van der Waals surface area contributed by atoms with E-state index in [4.69, 9.17) is 21.1 Å². The van der Waals surface area contributed by atoms with E-state index >= 15 is 0 Å². The van der Waals surface area contributed by atoms with Crippen LogP contribution in [0.4, 0.5) is 5.69 Å². The molecule has 2 rings (SSSR count). The number of halogens is 1. The monoisotopic (exact) mass is 305 g/mol. The molecule has 4 heteroatoms. The zero-order valence-electron chi connectivity index (χ0n) is 12.4. The van der Waals surface area contributed by atoms with Crippen LogP contribution in [0.1, 0.15) is 18.9 Å². The van der Waals surface area contributed by atoms with E-state index in [0.29, 0.717) is 18.2 Å². The quantitative estimate of drug-likeness (QED) is 0.800. The minimum absolute atomic E-state index is 0.579. The number of ether oxygens (including phenoxy) is 2. The lowest BCUT2D eigenvalue weighted by Crippen LogP contribution is -2.05. The van der Waals surface area contributed by atoms with Gasteiger partial charge in [0.1, 0.15) is 11.5 Å². The molecular weight excluding hydrogens is 286 g/mol. The molecular formula is C17H20ClNO2. The summed E-state index contributed by atoms with van der Waals surface area (Å²) >= 11 is 6.25. The fourth-order valence-electron chi connectivity index (χ4n) is 2.04. The van der Waals surface area contributed by atoms with Gasteiger partial charge in [0, 0.05) is 17.1 Å². The third kappa shape index (κ3) is 4.05. The Morgan fingerprint density at radius 3 is 2.57 bits per heavy atom. The predicted molar refractivity (Wildman–Crippen MR) is 87.6 cm³/mol. The first-order valence-corrected chi connectivity index (χ1v) is 7.41. The van der Waals surface area contributed by atoms with Crippen LogP contribution < -0.4 is 14.8 Å². The summed E-state index contributed by atoms with van der Waals surface area (Å²) in [5, 5.41) is 4.05. The Morgan fingerprint density at radius 2 is 1.81 bits per heavy atom. The van der Waals surface area contributed by atoms with Crippen molar-refractivity contribution in [2.75, 3.05) is 19.0 Å². The molecule has 0 bridgehead atoms. The Kier molecular flexibility index (Phi) is 5.76. The number of anilines is 1. The summed E-state index contributed by atoms with van der Waals surface area (Å²) in [6.45, 7) is 3.37. The summed E-state index contributed by atoms with van der Waals surface area (Å²) in [6, 6.07) is 13.5. The highest BCUT2D eigenvalue weighted by atomic mass is 35.5. The van der Waals surface area contributed by atoms with Crippen LogP contribution in [0, 0.1) is 0 Å². The van der Waals surface area contributed by atoms with Crippen molar-refractivity contribution in [3.63, 3.8) is 0 Å². The van der Waals surface area contributed by atoms with Crippen molar-refractivity contribution < 1.29 is 9.47 Å². The van der Waals surface area contributed by atoms with E-state index in [1.165, 1.54) is 0 Å². The van der Waals surface area contributed by atoms with E-state index in [2.05, 4.69) is 12.2 Å². The molecule has 0 aliphatic carbocycles. The van der Waals surface area contributed by atoms with Gasteiger partial charge in [-0.15, -0.1) is 0 Å². The van der Waals surface area contributed by atoms with Gasteiger partial charge in [0.25, 0.3) is 0 Å². The third-order valence-electron chi connectivity index (χ3n) is 3.10. The van der Waals surface area contributed by atoms with Crippen molar-refractivity contribution in [2.45, 2.75) is 19.9 Å². The van der Waals surface area contributed by atoms with Gasteiger partial charge >= 0.3 is 0 Å². The second-order valence-corrected chi connectivity index (χ2v) is 5.03. The number of benzene rings is 2. The largest absolute Gasteiger partial charge is 0.496 e. The molecule has 0 radical (unpaired) electrons. The molecule has 2 aromatic carbocycles. The molecule has 0 saturated heterocycles. The highest BCUT2D eigenvalue weighted by Gasteiger charge is 2.09. The minimum Gasteiger partial charge on any atom is -0.496 e. The zero-order chi connectivity index (χ0) is 15.1. The number of rotatable bonds is 7. The van der Waals surface area contributed by atoms with Crippen LogP contribution in [0.25, 0.3) is 0 Å². The second-order valence-electron chi connectivity index (χ2n) is 4.62. The van der Waals surface area contributed by atoms with Crippen LogP contribution >= 0.6 is 11.6 Å². The van der Waals surface area contributed by atoms with Crippen molar-refractivity contribution in [3.05, 3.63) is 53.1 Å². The standard InChI is InChI=1S/C17H20ClNO2/c1-3-11-21-17-9-5-4-8-15(17)19-12-13-14(18)7-6-10-16(13)20-2/h4-10,19H,3,11-12H2,1-2H3. The van der Waals surface area contributed by atoms with Gasteiger partial charge in [-0.05, 0) is 30.7 Å². The minimum atomic E-state index is 0.579. The Bertz CT molecular complexity index is 587. The topological polar surface area (TPSA) is 30.5 Å². The molecule has 2 aromatic rings. The lowest BCUT2D eigenvalue weighted by molar-refractivity contribution is 0.319. The first-order valence-electron chi connectivity index (χ1n) is 7.03. The normalized spacial score (nSPS) is 10.2. The van der Waals surface area contributed by atoms with Gasteiger partial charge in [-0.25, -0.2) is 0 Å². The van der Waals surface area contributed by atoms with Gasteiger partial charge in [-0.1, -0.05) is 36.7 Å². The van der Waals surface area contributed by atoms with Gasteiger partial charge in [0.15, 0.2) is 0 Å². The van der Waals surface area contributed by atoms with Crippen LogP contribution in [-0.4, -0.2) is 13.7 Å². The first-order chi connectivity index (χ1) is 10.3. The summed E-state index contributed by atoms with van der Waals surface area (Å²) in [5.74, 6) is 1.63. The Balaban J connectivity index is 2.13. The van der Waals surface area contributed by atoms with Gasteiger partial charge in [-0.3, -0.25) is 0 Å². The maximum absolute atomic E-state index is 6.25. The maximum Gasteiger partial charge on any atom is 0.142 e. The van der Waals surface area contributed by atoms with Crippen LogP contribution in [-0.2, 0) is 6.54 Å². The summed E-state index contributed by atoms with van der Waals surface area (Å²) < 4.78 is 11.1. The van der Waals surface area contributed by atoms with E-state index < -0.39 is 0 Å². The van der Waals surface area contributed by atoms with Crippen molar-refractivity contribution in [1.82, 2.24) is 0 Å². The molecule has 0 amide bonds. The average Bonchev–Trinajstić information content (AvgIpc) is 2.52. The third-order valence-corrected chi connectivity index (χ3v) is 3.45. The van der Waals surface area contributed by atoms with Gasteiger partial charge < -0.3 is 14.8 Å². The molecule has 0 fully saturated rings. The summed E-state index contributed by atoms with van der Waals surface area (Å²) in [6.07, 6.45) is 0.979. The molecule has 0 aliphatic heterocycles. The second kappa shape index (κ2) is 7.79. The van der Waals surface area contributed by atoms with E-state index in [0.717, 1.165) is 29.2 Å². The Morgan fingerprint density at radius 1 is 1.05 bits per heavy atom. The molecule has 0 aliphatic rings.